The summed E-state index contributed by atoms with van der Waals surface area (Å²) in [7, 11) is 0. The van der Waals surface area contributed by atoms with Gasteiger partial charge < -0.3 is 0 Å². The highest BCUT2D eigenvalue weighted by Crippen LogP contribution is 2.61. The van der Waals surface area contributed by atoms with Crippen molar-refractivity contribution in [3.63, 3.8) is 0 Å². The summed E-state index contributed by atoms with van der Waals surface area (Å²) in [6, 6.07) is 17.2. The van der Waals surface area contributed by atoms with Crippen LogP contribution in [0.4, 0.5) is 0 Å². The van der Waals surface area contributed by atoms with Crippen LogP contribution in [0.15, 0.2) is 48.5 Å². The van der Waals surface area contributed by atoms with Gasteiger partial charge in [0.15, 0.2) is 0 Å². The highest BCUT2D eigenvalue weighted by Gasteiger charge is 2.33. The molecule has 140 valence electrons. The Morgan fingerprint density at radius 1 is 0.852 bits per heavy atom. The molecule has 2 atom stereocenters. The van der Waals surface area contributed by atoms with Gasteiger partial charge in [-0.1, -0.05) is 59.6 Å². The van der Waals surface area contributed by atoms with Gasteiger partial charge in [0, 0.05) is 32.4 Å². The number of hydrogen-bond donors (Lipinski definition) is 0. The van der Waals surface area contributed by atoms with Gasteiger partial charge in [-0.25, -0.2) is 4.57 Å². The lowest BCUT2D eigenvalue weighted by Crippen LogP contribution is -2.07. The molecule has 0 aliphatic carbocycles. The second kappa shape index (κ2) is 10.1. The maximum absolute atomic E-state index is 12.8. The molecule has 2 aromatic carbocycles. The van der Waals surface area contributed by atoms with Gasteiger partial charge in [0.1, 0.15) is 12.2 Å². The van der Waals surface area contributed by atoms with E-state index < -0.39 is 19.2 Å². The zero-order chi connectivity index (χ0) is 19.9. The van der Waals surface area contributed by atoms with Crippen molar-refractivity contribution < 1.29 is 13.6 Å². The molecule has 0 amide bonds. The Labute approximate surface area is 172 Å². The summed E-state index contributed by atoms with van der Waals surface area (Å²) >= 11 is 18.3. The van der Waals surface area contributed by atoms with Crippen LogP contribution < -0.4 is 0 Å². The summed E-state index contributed by atoms with van der Waals surface area (Å²) in [5.74, 6) is 0. The van der Waals surface area contributed by atoms with Crippen LogP contribution in [0.1, 0.15) is 36.2 Å². The molecule has 0 fully saturated rings. The summed E-state index contributed by atoms with van der Waals surface area (Å²) in [5.41, 5.74) is 0.916. The van der Waals surface area contributed by atoms with E-state index in [0.717, 1.165) is 0 Å². The van der Waals surface area contributed by atoms with Crippen molar-refractivity contribution in [2.24, 2.45) is 0 Å². The van der Waals surface area contributed by atoms with Crippen LogP contribution in [-0.4, -0.2) is 0 Å². The maximum atomic E-state index is 12.8. The van der Waals surface area contributed by atoms with Crippen LogP contribution in [0.5, 0.6) is 0 Å². The minimum absolute atomic E-state index is 0.140. The van der Waals surface area contributed by atoms with Crippen LogP contribution in [0.25, 0.3) is 0 Å². The van der Waals surface area contributed by atoms with Gasteiger partial charge in [0.05, 0.1) is 25.0 Å². The molecule has 0 aliphatic heterocycles. The summed E-state index contributed by atoms with van der Waals surface area (Å²) < 4.78 is 23.6. The Hall–Kier alpha value is -1.56. The van der Waals surface area contributed by atoms with E-state index >= 15 is 0 Å². The fourth-order valence-electron chi connectivity index (χ4n) is 2.38. The molecular weight excluding hydrogens is 430 g/mol. The Balaban J connectivity index is 2.26. The predicted molar refractivity (Wildman–Crippen MR) is 104 cm³/mol. The van der Waals surface area contributed by atoms with E-state index in [1.165, 1.54) is 0 Å². The minimum atomic E-state index is -4.18. The molecule has 0 aromatic heterocycles. The smallest absolute Gasteiger partial charge is 0.288 e. The molecule has 5 nitrogen and oxygen atoms in total. The predicted octanol–water partition coefficient (Wildman–Crippen LogP) is 6.98. The molecule has 0 aliphatic rings. The first-order valence-corrected chi connectivity index (χ1v) is 11.0. The number of nitrogens with zero attached hydrogens (tertiary/aromatic N) is 2. The number of nitriles is 2. The van der Waals surface area contributed by atoms with E-state index in [0.29, 0.717) is 21.2 Å². The molecule has 9 heteroatoms. The van der Waals surface area contributed by atoms with Gasteiger partial charge in [-0.3, -0.25) is 9.05 Å². The number of rotatable bonds is 8. The van der Waals surface area contributed by atoms with Crippen molar-refractivity contribution >= 4 is 41.4 Å². The van der Waals surface area contributed by atoms with Gasteiger partial charge in [0.2, 0.25) is 0 Å². The van der Waals surface area contributed by atoms with E-state index in [1.807, 2.05) is 12.1 Å². The van der Waals surface area contributed by atoms with Crippen molar-refractivity contribution in [3.05, 3.63) is 69.7 Å². The number of hydrogen-bond acceptors (Lipinski definition) is 5. The van der Waals surface area contributed by atoms with Crippen molar-refractivity contribution in [2.75, 3.05) is 0 Å². The molecule has 2 aromatic rings. The highest BCUT2D eigenvalue weighted by molar-refractivity contribution is 7.81. The van der Waals surface area contributed by atoms with Gasteiger partial charge in [-0.15, -0.1) is 0 Å². The molecule has 0 radical (unpaired) electrons. The Bertz CT molecular complexity index is 855. The summed E-state index contributed by atoms with van der Waals surface area (Å²) in [6.07, 6.45) is -2.19. The van der Waals surface area contributed by atoms with E-state index in [-0.39, 0.29) is 12.8 Å². The van der Waals surface area contributed by atoms with Crippen LogP contribution >= 0.6 is 41.4 Å². The topological polar surface area (TPSA) is 83.1 Å². The largest absolute Gasteiger partial charge is 0.425 e. The van der Waals surface area contributed by atoms with Crippen LogP contribution in [0, 0.1) is 22.7 Å². The Kier molecular flexibility index (Phi) is 8.14. The lowest BCUT2D eigenvalue weighted by Gasteiger charge is -2.23. The summed E-state index contributed by atoms with van der Waals surface area (Å²) in [6.45, 7) is -4.18. The van der Waals surface area contributed by atoms with Crippen LogP contribution in [0.3, 0.4) is 0 Å². The maximum Gasteiger partial charge on any atom is 0.425 e. The number of halogens is 3. The number of benzene rings is 2. The monoisotopic (exact) mass is 442 g/mol. The average Bonchev–Trinajstić information content (AvgIpc) is 2.61. The van der Waals surface area contributed by atoms with Crippen molar-refractivity contribution in [2.45, 2.75) is 25.0 Å². The second-order valence-electron chi connectivity index (χ2n) is 5.39. The van der Waals surface area contributed by atoms with Gasteiger partial charge in [0.25, 0.3) is 0 Å². The third-order valence-corrected chi connectivity index (χ3v) is 5.74. The Morgan fingerprint density at radius 2 is 1.22 bits per heavy atom. The molecule has 27 heavy (non-hydrogen) atoms. The molecule has 0 bridgehead atoms. The minimum Gasteiger partial charge on any atom is -0.288 e. The molecule has 0 saturated carbocycles. The zero-order valence-electron chi connectivity index (χ0n) is 13.9. The van der Waals surface area contributed by atoms with E-state index in [2.05, 4.69) is 0 Å². The third-order valence-electron chi connectivity index (χ3n) is 3.56. The molecular formula is C18H14Cl3N2O3P. The van der Waals surface area contributed by atoms with Crippen molar-refractivity contribution in [1.82, 2.24) is 0 Å². The molecule has 2 rings (SSSR count). The SMILES string of the molecule is N#CCC(OP(=O)(Cl)OC(CC#N)c1ccccc1Cl)c1ccccc1Cl. The Morgan fingerprint density at radius 3 is 1.56 bits per heavy atom. The summed E-state index contributed by atoms with van der Waals surface area (Å²) in [5, 5.41) is 18.8. The van der Waals surface area contributed by atoms with E-state index in [1.54, 1.807) is 48.5 Å². The van der Waals surface area contributed by atoms with Gasteiger partial charge in [-0.05, 0) is 12.1 Å². The first-order chi connectivity index (χ1) is 12.9. The van der Waals surface area contributed by atoms with E-state index in [4.69, 9.17) is 54.0 Å². The summed E-state index contributed by atoms with van der Waals surface area (Å²) in [4.78, 5) is 0. The molecule has 0 heterocycles. The van der Waals surface area contributed by atoms with Crippen molar-refractivity contribution in [3.8, 4) is 12.1 Å². The highest BCUT2D eigenvalue weighted by atomic mass is 35.7. The molecule has 0 saturated heterocycles. The first-order valence-electron chi connectivity index (χ1n) is 7.77. The van der Waals surface area contributed by atoms with Gasteiger partial charge in [-0.2, -0.15) is 10.5 Å². The fourth-order valence-corrected chi connectivity index (χ4v) is 4.50. The lowest BCUT2D eigenvalue weighted by molar-refractivity contribution is 0.127. The van der Waals surface area contributed by atoms with Crippen molar-refractivity contribution in [1.29, 1.82) is 10.5 Å². The van der Waals surface area contributed by atoms with Gasteiger partial charge >= 0.3 is 6.95 Å². The normalized spacial score (nSPS) is 15.1. The van der Waals surface area contributed by atoms with Crippen LogP contribution in [0.2, 0.25) is 10.0 Å². The molecule has 2 unspecified atom stereocenters. The van der Waals surface area contributed by atoms with E-state index in [9.17, 15) is 4.57 Å². The zero-order valence-corrected chi connectivity index (χ0v) is 17.1. The second-order valence-corrected chi connectivity index (χ2v) is 8.73. The molecule has 0 N–H and O–H groups in total. The standard InChI is InChI=1S/C18H14Cl3N2O3P/c19-15-7-3-1-5-13(15)17(9-11-22)25-27(21,24)26-18(10-12-23)14-6-2-4-8-16(14)20/h1-8,17-18H,9-10H2. The third kappa shape index (κ3) is 6.23. The first kappa shape index (κ1) is 21.7. The average molecular weight is 444 g/mol. The fraction of sp³-hybridized carbons (Fsp3) is 0.222. The molecule has 0 spiro atoms. The van der Waals surface area contributed by atoms with Crippen LogP contribution in [-0.2, 0) is 13.6 Å². The quantitative estimate of drug-likeness (QED) is 0.411. The lowest BCUT2D eigenvalue weighted by atomic mass is 10.1.